The van der Waals surface area contributed by atoms with Crippen LogP contribution < -0.4 is 5.32 Å². The monoisotopic (exact) mass is 498 g/mol. The molecule has 0 saturated carbocycles. The summed E-state index contributed by atoms with van der Waals surface area (Å²) in [6, 6.07) is 15.6. The fourth-order valence-corrected chi connectivity index (χ4v) is 5.03. The van der Waals surface area contributed by atoms with E-state index in [1.165, 1.54) is 0 Å². The van der Waals surface area contributed by atoms with Crippen LogP contribution in [0.2, 0.25) is 0 Å². The SMILES string of the molecule is Cc1n[nH]c2ccc(SN(CC(C)C)C[C@@H](O)[C@H](Cc3ccccc3)NC(=O)OC(C)(C)C)cc12. The first kappa shape index (κ1) is 27.0. The number of aliphatic hydroxyl groups excluding tert-OH is 1. The molecule has 0 aliphatic heterocycles. The summed E-state index contributed by atoms with van der Waals surface area (Å²) < 4.78 is 7.64. The van der Waals surface area contributed by atoms with Crippen LogP contribution >= 0.6 is 11.9 Å². The number of carbonyl (C=O) groups excluding carboxylic acids is 1. The number of nitrogens with one attached hydrogen (secondary N) is 2. The molecular formula is C27H38N4O3S. The average Bonchev–Trinajstić information content (AvgIpc) is 3.12. The zero-order chi connectivity index (χ0) is 25.6. The van der Waals surface area contributed by atoms with Crippen LogP contribution in [0.5, 0.6) is 0 Å². The summed E-state index contributed by atoms with van der Waals surface area (Å²) in [5.74, 6) is 0.403. The maximum Gasteiger partial charge on any atom is 0.407 e. The fourth-order valence-electron chi connectivity index (χ4n) is 3.83. The van der Waals surface area contributed by atoms with Crippen molar-refractivity contribution in [3.63, 3.8) is 0 Å². The molecule has 0 saturated heterocycles. The van der Waals surface area contributed by atoms with E-state index in [1.807, 2.05) is 64.1 Å². The molecule has 0 aliphatic carbocycles. The molecule has 3 N–H and O–H groups in total. The number of alkyl carbamates (subject to hydrolysis) is 1. The number of aliphatic hydroxyl groups is 1. The number of aryl methyl sites for hydroxylation is 1. The van der Waals surface area contributed by atoms with E-state index in [2.05, 4.69) is 45.8 Å². The number of ether oxygens (including phenoxy) is 1. The maximum absolute atomic E-state index is 12.6. The lowest BCUT2D eigenvalue weighted by atomic mass is 10.0. The quantitative estimate of drug-likeness (QED) is 0.327. The molecule has 0 bridgehead atoms. The number of hydrogen-bond acceptors (Lipinski definition) is 6. The second-order valence-electron chi connectivity index (χ2n) is 10.4. The van der Waals surface area contributed by atoms with Gasteiger partial charge >= 0.3 is 6.09 Å². The Labute approximate surface area is 212 Å². The van der Waals surface area contributed by atoms with Crippen molar-refractivity contribution < 1.29 is 14.6 Å². The molecule has 0 fully saturated rings. The van der Waals surface area contributed by atoms with Gasteiger partial charge < -0.3 is 15.2 Å². The highest BCUT2D eigenvalue weighted by atomic mass is 32.2. The van der Waals surface area contributed by atoms with Crippen molar-refractivity contribution in [1.29, 1.82) is 0 Å². The Hall–Kier alpha value is -2.55. The van der Waals surface area contributed by atoms with Gasteiger partial charge in [0, 0.05) is 23.4 Å². The molecule has 1 heterocycles. The van der Waals surface area contributed by atoms with Crippen molar-refractivity contribution in [2.24, 2.45) is 5.92 Å². The second kappa shape index (κ2) is 11.9. The van der Waals surface area contributed by atoms with Gasteiger partial charge in [-0.15, -0.1) is 0 Å². The molecule has 3 rings (SSSR count). The summed E-state index contributed by atoms with van der Waals surface area (Å²) in [7, 11) is 0. The van der Waals surface area contributed by atoms with Crippen molar-refractivity contribution in [3.05, 3.63) is 59.8 Å². The molecule has 2 aromatic carbocycles. The third-order valence-electron chi connectivity index (χ3n) is 5.38. The van der Waals surface area contributed by atoms with Gasteiger partial charge in [0.1, 0.15) is 5.60 Å². The predicted octanol–water partition coefficient (Wildman–Crippen LogP) is 5.33. The van der Waals surface area contributed by atoms with E-state index >= 15 is 0 Å². The van der Waals surface area contributed by atoms with Gasteiger partial charge in [-0.25, -0.2) is 9.10 Å². The summed E-state index contributed by atoms with van der Waals surface area (Å²) in [6.45, 7) is 13.0. The minimum atomic E-state index is -0.798. The Morgan fingerprint density at radius 3 is 2.54 bits per heavy atom. The van der Waals surface area contributed by atoms with E-state index in [-0.39, 0.29) is 0 Å². The molecule has 7 nitrogen and oxygen atoms in total. The molecule has 1 amide bonds. The highest BCUT2D eigenvalue weighted by molar-refractivity contribution is 7.97. The molecule has 0 unspecified atom stereocenters. The van der Waals surface area contributed by atoms with Gasteiger partial charge in [0.25, 0.3) is 0 Å². The first-order chi connectivity index (χ1) is 16.5. The van der Waals surface area contributed by atoms with E-state index in [9.17, 15) is 9.90 Å². The van der Waals surface area contributed by atoms with Crippen molar-refractivity contribution in [3.8, 4) is 0 Å². The smallest absolute Gasteiger partial charge is 0.407 e. The average molecular weight is 499 g/mol. The minimum Gasteiger partial charge on any atom is -0.444 e. The predicted molar refractivity (Wildman–Crippen MR) is 142 cm³/mol. The van der Waals surface area contributed by atoms with Gasteiger partial charge in [-0.05, 0) is 75.7 Å². The molecule has 3 aromatic rings. The van der Waals surface area contributed by atoms with Gasteiger partial charge in [0.2, 0.25) is 0 Å². The largest absolute Gasteiger partial charge is 0.444 e. The Kier molecular flexibility index (Phi) is 9.21. The molecular weight excluding hydrogens is 460 g/mol. The lowest BCUT2D eigenvalue weighted by Gasteiger charge is -2.31. The molecule has 190 valence electrons. The zero-order valence-electron chi connectivity index (χ0n) is 21.5. The minimum absolute atomic E-state index is 0.387. The van der Waals surface area contributed by atoms with E-state index < -0.39 is 23.8 Å². The van der Waals surface area contributed by atoms with Gasteiger partial charge in [0.15, 0.2) is 0 Å². The lowest BCUT2D eigenvalue weighted by molar-refractivity contribution is 0.0402. The number of fused-ring (bicyclic) bond motifs is 1. The molecule has 1 aromatic heterocycles. The molecule has 8 heteroatoms. The first-order valence-electron chi connectivity index (χ1n) is 12.1. The van der Waals surface area contributed by atoms with Crippen molar-refractivity contribution >= 4 is 28.9 Å². The van der Waals surface area contributed by atoms with Crippen LogP contribution in [0.4, 0.5) is 4.79 Å². The number of aromatic amines is 1. The lowest BCUT2D eigenvalue weighted by Crippen LogP contribution is -2.50. The molecule has 35 heavy (non-hydrogen) atoms. The Morgan fingerprint density at radius 1 is 1.17 bits per heavy atom. The fraction of sp³-hybridized carbons (Fsp3) is 0.481. The van der Waals surface area contributed by atoms with Crippen LogP contribution in [0.1, 0.15) is 45.9 Å². The van der Waals surface area contributed by atoms with Crippen molar-refractivity contribution in [2.75, 3.05) is 13.1 Å². The van der Waals surface area contributed by atoms with Crippen LogP contribution in [0.3, 0.4) is 0 Å². The third kappa shape index (κ3) is 8.56. The Balaban J connectivity index is 1.77. The number of rotatable bonds is 10. The first-order valence-corrected chi connectivity index (χ1v) is 12.9. The summed E-state index contributed by atoms with van der Waals surface area (Å²) in [4.78, 5) is 13.7. The van der Waals surface area contributed by atoms with Crippen molar-refractivity contribution in [2.45, 2.75) is 70.6 Å². The summed E-state index contributed by atoms with van der Waals surface area (Å²) >= 11 is 1.61. The van der Waals surface area contributed by atoms with Gasteiger partial charge in [-0.2, -0.15) is 5.10 Å². The molecule has 2 atom stereocenters. The molecule has 0 aliphatic rings. The van der Waals surface area contributed by atoms with Crippen LogP contribution in [0, 0.1) is 12.8 Å². The molecule has 0 spiro atoms. The summed E-state index contributed by atoms with van der Waals surface area (Å²) in [6.07, 6.45) is -0.823. The Morgan fingerprint density at radius 2 is 1.89 bits per heavy atom. The number of amides is 1. The number of H-pyrrole nitrogens is 1. The standard InChI is InChI=1S/C27H38N4O3S/c1-18(2)16-31(35-21-12-13-23-22(15-21)19(3)29-30-23)17-25(32)24(14-20-10-8-7-9-11-20)28-26(33)34-27(4,5)6/h7-13,15,18,24-25,32H,14,16-17H2,1-6H3,(H,28,33)(H,29,30)/t24-,25+/m0/s1. The highest BCUT2D eigenvalue weighted by Gasteiger charge is 2.27. The van der Waals surface area contributed by atoms with Gasteiger partial charge in [-0.1, -0.05) is 44.2 Å². The van der Waals surface area contributed by atoms with E-state index in [4.69, 9.17) is 4.74 Å². The number of nitrogens with zero attached hydrogens (tertiary/aromatic N) is 2. The van der Waals surface area contributed by atoms with E-state index in [0.29, 0.717) is 18.9 Å². The zero-order valence-corrected chi connectivity index (χ0v) is 22.4. The summed E-state index contributed by atoms with van der Waals surface area (Å²) in [5.41, 5.74) is 2.39. The highest BCUT2D eigenvalue weighted by Crippen LogP contribution is 2.28. The van der Waals surface area contributed by atoms with Crippen LogP contribution in [-0.4, -0.2) is 56.5 Å². The third-order valence-corrected chi connectivity index (χ3v) is 6.40. The van der Waals surface area contributed by atoms with Crippen molar-refractivity contribution in [1.82, 2.24) is 19.8 Å². The molecule has 0 radical (unpaired) electrons. The van der Waals surface area contributed by atoms with Gasteiger partial charge in [-0.3, -0.25) is 5.10 Å². The van der Waals surface area contributed by atoms with E-state index in [1.54, 1.807) is 11.9 Å². The number of aromatic nitrogens is 2. The number of hydrogen-bond donors (Lipinski definition) is 3. The van der Waals surface area contributed by atoms with Crippen LogP contribution in [0.25, 0.3) is 10.9 Å². The topological polar surface area (TPSA) is 90.5 Å². The van der Waals surface area contributed by atoms with E-state index in [0.717, 1.165) is 33.6 Å². The second-order valence-corrected chi connectivity index (χ2v) is 11.5. The van der Waals surface area contributed by atoms with Gasteiger partial charge in [0.05, 0.1) is 23.4 Å². The Bertz CT molecular complexity index is 1090. The van der Waals surface area contributed by atoms with Crippen LogP contribution in [0.15, 0.2) is 53.4 Å². The van der Waals surface area contributed by atoms with Crippen LogP contribution in [-0.2, 0) is 11.2 Å². The normalized spacial score (nSPS) is 13.9. The maximum atomic E-state index is 12.6. The number of carbonyl (C=O) groups is 1. The summed E-state index contributed by atoms with van der Waals surface area (Å²) in [5, 5.41) is 22.7. The number of benzene rings is 2.